The van der Waals surface area contributed by atoms with Gasteiger partial charge in [0, 0.05) is 44.3 Å². The Balaban J connectivity index is 1.48. The summed E-state index contributed by atoms with van der Waals surface area (Å²) >= 11 is 0. The van der Waals surface area contributed by atoms with Gasteiger partial charge in [0.1, 0.15) is 0 Å². The molecule has 0 saturated carbocycles. The Morgan fingerprint density at radius 1 is 1.08 bits per heavy atom. The van der Waals surface area contributed by atoms with E-state index in [1.54, 1.807) is 19.4 Å². The van der Waals surface area contributed by atoms with E-state index in [1.807, 2.05) is 0 Å². The molecule has 2 aliphatic heterocycles. The van der Waals surface area contributed by atoms with Gasteiger partial charge >= 0.3 is 0 Å². The Morgan fingerprint density at radius 3 is 2.29 bits per heavy atom. The van der Waals surface area contributed by atoms with Crippen LogP contribution in [-0.4, -0.2) is 48.1 Å². The third kappa shape index (κ3) is 2.48. The van der Waals surface area contributed by atoms with Gasteiger partial charge in [0.25, 0.3) is 5.91 Å². The van der Waals surface area contributed by atoms with E-state index in [1.165, 1.54) is 11.3 Å². The molecule has 1 amide bonds. The van der Waals surface area contributed by atoms with Gasteiger partial charge in [-0.3, -0.25) is 4.79 Å². The first-order valence-corrected chi connectivity index (χ1v) is 8.30. The number of fused-ring (bicyclic) bond motifs is 2. The fourth-order valence-electron chi connectivity index (χ4n) is 3.70. The molecule has 6 nitrogen and oxygen atoms in total. The van der Waals surface area contributed by atoms with Crippen molar-refractivity contribution >= 4 is 17.5 Å². The summed E-state index contributed by atoms with van der Waals surface area (Å²) in [5, 5.41) is 2.59. The van der Waals surface area contributed by atoms with Gasteiger partial charge in [-0.2, -0.15) is 0 Å². The molecule has 2 bridgehead atoms. The van der Waals surface area contributed by atoms with E-state index in [0.717, 1.165) is 25.5 Å². The summed E-state index contributed by atoms with van der Waals surface area (Å²) in [5.74, 6) is 0.564. The highest BCUT2D eigenvalue weighted by molar-refractivity contribution is 5.93. The Bertz CT molecular complexity index is 743. The highest BCUT2D eigenvalue weighted by Gasteiger charge is 2.44. The van der Waals surface area contributed by atoms with E-state index < -0.39 is 0 Å². The third-order valence-electron chi connectivity index (χ3n) is 4.99. The summed E-state index contributed by atoms with van der Waals surface area (Å²) in [6, 6.07) is 9.67. The van der Waals surface area contributed by atoms with Crippen molar-refractivity contribution < 1.29 is 4.79 Å². The molecule has 2 atom stereocenters. The first kappa shape index (κ1) is 14.9. The van der Waals surface area contributed by atoms with Gasteiger partial charge in [0.2, 0.25) is 5.95 Å². The quantitative estimate of drug-likeness (QED) is 0.930. The molecular formula is C18H21N5O. The van der Waals surface area contributed by atoms with Crippen LogP contribution < -0.4 is 15.1 Å². The van der Waals surface area contributed by atoms with Crippen LogP contribution in [0.3, 0.4) is 0 Å². The van der Waals surface area contributed by atoms with Crippen LogP contribution in [0.4, 0.5) is 11.6 Å². The average molecular weight is 323 g/mol. The first-order chi connectivity index (χ1) is 11.7. The van der Waals surface area contributed by atoms with E-state index in [9.17, 15) is 4.79 Å². The van der Waals surface area contributed by atoms with E-state index in [2.05, 4.69) is 56.3 Å². The van der Waals surface area contributed by atoms with E-state index in [0.29, 0.717) is 17.6 Å². The predicted molar refractivity (Wildman–Crippen MR) is 93.5 cm³/mol. The zero-order valence-electron chi connectivity index (χ0n) is 13.9. The van der Waals surface area contributed by atoms with Gasteiger partial charge in [-0.25, -0.2) is 9.97 Å². The minimum absolute atomic E-state index is 0.157. The number of benzene rings is 1. The van der Waals surface area contributed by atoms with E-state index in [-0.39, 0.29) is 5.91 Å². The fourth-order valence-corrected chi connectivity index (χ4v) is 3.70. The molecule has 0 aliphatic carbocycles. The number of hydrogen-bond donors (Lipinski definition) is 1. The molecule has 0 radical (unpaired) electrons. The standard InChI is InChI=1S/C18H21N5O/c1-12-3-5-14(6-4-12)22-10-16-7-15(22)11-23(16)18-20-8-13(9-21-18)17(24)19-2/h3-6,8-9,15-16H,7,10-11H2,1-2H3,(H,19,24). The maximum absolute atomic E-state index is 11.6. The van der Waals surface area contributed by atoms with Crippen molar-refractivity contribution in [1.82, 2.24) is 15.3 Å². The van der Waals surface area contributed by atoms with Crippen LogP contribution >= 0.6 is 0 Å². The van der Waals surface area contributed by atoms with Crippen molar-refractivity contribution in [1.29, 1.82) is 0 Å². The highest BCUT2D eigenvalue weighted by atomic mass is 16.1. The number of aromatic nitrogens is 2. The second-order valence-electron chi connectivity index (χ2n) is 6.53. The highest BCUT2D eigenvalue weighted by Crippen LogP contribution is 2.36. The lowest BCUT2D eigenvalue weighted by Gasteiger charge is -2.35. The summed E-state index contributed by atoms with van der Waals surface area (Å²) in [6.07, 6.45) is 4.34. The number of amides is 1. The Morgan fingerprint density at radius 2 is 1.71 bits per heavy atom. The number of piperazine rings is 1. The number of aryl methyl sites for hydroxylation is 1. The molecule has 124 valence electrons. The lowest BCUT2D eigenvalue weighted by molar-refractivity contribution is 0.0962. The van der Waals surface area contributed by atoms with E-state index >= 15 is 0 Å². The minimum atomic E-state index is -0.157. The molecule has 24 heavy (non-hydrogen) atoms. The SMILES string of the molecule is CNC(=O)c1cnc(N2CC3CC2CN3c2ccc(C)cc2)nc1. The topological polar surface area (TPSA) is 61.4 Å². The molecule has 2 saturated heterocycles. The average Bonchev–Trinajstić information content (AvgIpc) is 3.22. The predicted octanol–water partition coefficient (Wildman–Crippen LogP) is 1.61. The maximum atomic E-state index is 11.6. The summed E-state index contributed by atoms with van der Waals surface area (Å²) < 4.78 is 0. The maximum Gasteiger partial charge on any atom is 0.254 e. The second kappa shape index (κ2) is 5.78. The van der Waals surface area contributed by atoms with Crippen LogP contribution in [-0.2, 0) is 0 Å². The Kier molecular flexibility index (Phi) is 3.59. The van der Waals surface area contributed by atoms with Gasteiger partial charge in [-0.15, -0.1) is 0 Å². The van der Waals surface area contributed by atoms with Crippen LogP contribution in [0.15, 0.2) is 36.7 Å². The monoisotopic (exact) mass is 323 g/mol. The number of anilines is 2. The number of carbonyl (C=O) groups excluding carboxylic acids is 1. The molecule has 1 aromatic heterocycles. The van der Waals surface area contributed by atoms with Crippen molar-refractivity contribution in [3.05, 3.63) is 47.8 Å². The van der Waals surface area contributed by atoms with Crippen LogP contribution in [0, 0.1) is 6.92 Å². The zero-order chi connectivity index (χ0) is 16.7. The molecular weight excluding hydrogens is 302 g/mol. The second-order valence-corrected chi connectivity index (χ2v) is 6.53. The van der Waals surface area contributed by atoms with Crippen molar-refractivity contribution in [2.45, 2.75) is 25.4 Å². The fraction of sp³-hybridized carbons (Fsp3) is 0.389. The van der Waals surface area contributed by atoms with Gasteiger partial charge < -0.3 is 15.1 Å². The van der Waals surface area contributed by atoms with Crippen molar-refractivity contribution in [3.8, 4) is 0 Å². The van der Waals surface area contributed by atoms with Gasteiger partial charge in [-0.05, 0) is 25.5 Å². The Labute approximate surface area is 141 Å². The number of hydrogen-bond acceptors (Lipinski definition) is 5. The van der Waals surface area contributed by atoms with Gasteiger partial charge in [0.05, 0.1) is 11.6 Å². The van der Waals surface area contributed by atoms with Crippen LogP contribution in [0.2, 0.25) is 0 Å². The molecule has 6 heteroatoms. The third-order valence-corrected chi connectivity index (χ3v) is 4.99. The molecule has 2 fully saturated rings. The van der Waals surface area contributed by atoms with Crippen molar-refractivity contribution in [2.75, 3.05) is 29.9 Å². The largest absolute Gasteiger partial charge is 0.365 e. The molecule has 2 aromatic rings. The zero-order valence-corrected chi connectivity index (χ0v) is 13.9. The van der Waals surface area contributed by atoms with Crippen LogP contribution in [0.1, 0.15) is 22.3 Å². The molecule has 2 aliphatic rings. The van der Waals surface area contributed by atoms with Crippen LogP contribution in [0.5, 0.6) is 0 Å². The number of carbonyl (C=O) groups is 1. The number of rotatable bonds is 3. The van der Waals surface area contributed by atoms with Gasteiger partial charge in [-0.1, -0.05) is 17.7 Å². The first-order valence-electron chi connectivity index (χ1n) is 8.30. The van der Waals surface area contributed by atoms with Crippen molar-refractivity contribution in [3.63, 3.8) is 0 Å². The molecule has 1 aromatic carbocycles. The molecule has 1 N–H and O–H groups in total. The smallest absolute Gasteiger partial charge is 0.254 e. The minimum Gasteiger partial charge on any atom is -0.365 e. The molecule has 2 unspecified atom stereocenters. The number of nitrogens with zero attached hydrogens (tertiary/aromatic N) is 4. The lowest BCUT2D eigenvalue weighted by Crippen LogP contribution is -2.47. The van der Waals surface area contributed by atoms with Crippen molar-refractivity contribution in [2.24, 2.45) is 0 Å². The van der Waals surface area contributed by atoms with Gasteiger partial charge in [0.15, 0.2) is 0 Å². The molecule has 4 rings (SSSR count). The summed E-state index contributed by atoms with van der Waals surface area (Å²) in [7, 11) is 1.61. The van der Waals surface area contributed by atoms with Crippen LogP contribution in [0.25, 0.3) is 0 Å². The summed E-state index contributed by atoms with van der Waals surface area (Å²) in [5.41, 5.74) is 3.07. The number of nitrogens with one attached hydrogen (secondary N) is 1. The molecule has 0 spiro atoms. The Hall–Kier alpha value is -2.63. The molecule has 3 heterocycles. The normalized spacial score (nSPS) is 22.1. The summed E-state index contributed by atoms with van der Waals surface area (Å²) in [4.78, 5) is 25.1. The summed E-state index contributed by atoms with van der Waals surface area (Å²) in [6.45, 7) is 4.04. The van der Waals surface area contributed by atoms with E-state index in [4.69, 9.17) is 0 Å². The lowest BCUT2D eigenvalue weighted by atomic mass is 10.2.